The molecule has 0 fully saturated rings. The van der Waals surface area contributed by atoms with Gasteiger partial charge in [-0.2, -0.15) is 0 Å². The molecular formula is C13H15IO3. The van der Waals surface area contributed by atoms with E-state index in [4.69, 9.17) is 4.74 Å². The average Bonchev–Trinajstić information content (AvgIpc) is 2.27. The van der Waals surface area contributed by atoms with Gasteiger partial charge in [0.05, 0.1) is 6.61 Å². The van der Waals surface area contributed by atoms with Crippen molar-refractivity contribution in [1.82, 2.24) is 0 Å². The van der Waals surface area contributed by atoms with Crippen LogP contribution in [0.25, 0.3) is 0 Å². The lowest BCUT2D eigenvalue weighted by molar-refractivity contribution is -0.151. The summed E-state index contributed by atoms with van der Waals surface area (Å²) in [5, 5.41) is 0. The highest BCUT2D eigenvalue weighted by Gasteiger charge is 2.25. The van der Waals surface area contributed by atoms with Gasteiger partial charge < -0.3 is 4.74 Å². The summed E-state index contributed by atoms with van der Waals surface area (Å²) in [5.74, 6) is -1.27. The minimum atomic E-state index is -0.689. The molecule has 0 saturated heterocycles. The molecule has 0 spiro atoms. The van der Waals surface area contributed by atoms with Crippen LogP contribution in [0.3, 0.4) is 0 Å². The highest BCUT2D eigenvalue weighted by atomic mass is 127. The third kappa shape index (κ3) is 4.11. The van der Waals surface area contributed by atoms with Crippen molar-refractivity contribution in [3.05, 3.63) is 33.4 Å². The first-order valence-electron chi connectivity index (χ1n) is 5.46. The van der Waals surface area contributed by atoms with Crippen LogP contribution in [-0.2, 0) is 20.7 Å². The lowest BCUT2D eigenvalue weighted by Gasteiger charge is -2.13. The van der Waals surface area contributed by atoms with Crippen molar-refractivity contribution < 1.29 is 14.3 Å². The zero-order chi connectivity index (χ0) is 12.8. The van der Waals surface area contributed by atoms with Gasteiger partial charge in [-0.3, -0.25) is 9.59 Å². The Hall–Kier alpha value is -0.910. The normalized spacial score (nSPS) is 11.9. The molecule has 0 aliphatic carbocycles. The fourth-order valence-electron chi connectivity index (χ4n) is 1.52. The SMILES string of the molecule is CCOC(=O)C(Cc1ccccc1I)C(C)=O. The maximum Gasteiger partial charge on any atom is 0.316 e. The molecule has 0 N–H and O–H groups in total. The van der Waals surface area contributed by atoms with Crippen LogP contribution in [0.4, 0.5) is 0 Å². The number of halogens is 1. The van der Waals surface area contributed by atoms with Crippen LogP contribution >= 0.6 is 22.6 Å². The molecule has 0 heterocycles. The van der Waals surface area contributed by atoms with Crippen molar-refractivity contribution >= 4 is 34.3 Å². The molecule has 4 heteroatoms. The number of benzene rings is 1. The van der Waals surface area contributed by atoms with Crippen molar-refractivity contribution in [2.45, 2.75) is 20.3 Å². The van der Waals surface area contributed by atoms with Gasteiger partial charge in [-0.15, -0.1) is 0 Å². The van der Waals surface area contributed by atoms with E-state index in [1.807, 2.05) is 24.3 Å². The van der Waals surface area contributed by atoms with Crippen molar-refractivity contribution in [1.29, 1.82) is 0 Å². The summed E-state index contributed by atoms with van der Waals surface area (Å²) in [6.45, 7) is 3.47. The van der Waals surface area contributed by atoms with Gasteiger partial charge >= 0.3 is 5.97 Å². The molecule has 0 aliphatic heterocycles. The molecule has 92 valence electrons. The van der Waals surface area contributed by atoms with Gasteiger partial charge in [-0.25, -0.2) is 0 Å². The van der Waals surface area contributed by atoms with E-state index < -0.39 is 11.9 Å². The molecule has 0 amide bonds. The van der Waals surface area contributed by atoms with Gasteiger partial charge in [0.15, 0.2) is 0 Å². The molecule has 0 bridgehead atoms. The number of carbonyl (C=O) groups is 2. The minimum Gasteiger partial charge on any atom is -0.465 e. The Labute approximate surface area is 115 Å². The number of ketones is 1. The molecule has 1 rings (SSSR count). The van der Waals surface area contributed by atoms with Crippen LogP contribution in [0.2, 0.25) is 0 Å². The van der Waals surface area contributed by atoms with Gasteiger partial charge in [0.2, 0.25) is 0 Å². The minimum absolute atomic E-state index is 0.150. The van der Waals surface area contributed by atoms with E-state index in [9.17, 15) is 9.59 Å². The van der Waals surface area contributed by atoms with Crippen LogP contribution in [0, 0.1) is 9.49 Å². The molecule has 0 saturated carbocycles. The second-order valence-corrected chi connectivity index (χ2v) is 4.87. The van der Waals surface area contributed by atoms with Crippen molar-refractivity contribution in [2.75, 3.05) is 6.61 Å². The van der Waals surface area contributed by atoms with Crippen LogP contribution in [0.5, 0.6) is 0 Å². The highest BCUT2D eigenvalue weighted by molar-refractivity contribution is 14.1. The standard InChI is InChI=1S/C13H15IO3/c1-3-17-13(16)11(9(2)15)8-10-6-4-5-7-12(10)14/h4-7,11H,3,8H2,1-2H3. The molecule has 1 atom stereocenters. The summed E-state index contributed by atoms with van der Waals surface area (Å²) in [7, 11) is 0. The quantitative estimate of drug-likeness (QED) is 0.468. The number of carbonyl (C=O) groups excluding carboxylic acids is 2. The monoisotopic (exact) mass is 346 g/mol. The third-order valence-corrected chi connectivity index (χ3v) is 3.50. The van der Waals surface area contributed by atoms with Crippen molar-refractivity contribution in [3.63, 3.8) is 0 Å². The molecule has 1 aromatic rings. The van der Waals surface area contributed by atoms with E-state index in [0.29, 0.717) is 13.0 Å². The number of rotatable bonds is 5. The second-order valence-electron chi connectivity index (χ2n) is 3.71. The van der Waals surface area contributed by atoms with Gasteiger partial charge in [-0.1, -0.05) is 18.2 Å². The maximum absolute atomic E-state index is 11.7. The molecule has 1 unspecified atom stereocenters. The predicted molar refractivity (Wildman–Crippen MR) is 73.7 cm³/mol. The summed E-state index contributed by atoms with van der Waals surface area (Å²) in [6.07, 6.45) is 0.410. The number of esters is 1. The topological polar surface area (TPSA) is 43.4 Å². The van der Waals surface area contributed by atoms with Crippen LogP contribution in [-0.4, -0.2) is 18.4 Å². The van der Waals surface area contributed by atoms with Crippen molar-refractivity contribution in [2.24, 2.45) is 5.92 Å². The predicted octanol–water partition coefficient (Wildman–Crippen LogP) is 2.60. The molecule has 3 nitrogen and oxygen atoms in total. The Kier molecular flexibility index (Phi) is 5.61. The summed E-state index contributed by atoms with van der Waals surface area (Å²) in [5.41, 5.74) is 1.00. The van der Waals surface area contributed by atoms with E-state index in [0.717, 1.165) is 9.13 Å². The molecule has 0 aliphatic rings. The summed E-state index contributed by atoms with van der Waals surface area (Å²) < 4.78 is 5.97. The fourth-order valence-corrected chi connectivity index (χ4v) is 2.13. The Balaban J connectivity index is 2.84. The van der Waals surface area contributed by atoms with E-state index in [1.54, 1.807) is 6.92 Å². The van der Waals surface area contributed by atoms with Crippen LogP contribution < -0.4 is 0 Å². The van der Waals surface area contributed by atoms with E-state index in [-0.39, 0.29) is 5.78 Å². The smallest absolute Gasteiger partial charge is 0.316 e. The average molecular weight is 346 g/mol. The molecule has 0 aromatic heterocycles. The van der Waals surface area contributed by atoms with Gasteiger partial charge in [-0.05, 0) is 54.5 Å². The molecule has 1 aromatic carbocycles. The fraction of sp³-hybridized carbons (Fsp3) is 0.385. The first-order chi connectivity index (χ1) is 8.06. The lowest BCUT2D eigenvalue weighted by atomic mass is 9.96. The van der Waals surface area contributed by atoms with E-state index in [2.05, 4.69) is 22.6 Å². The lowest BCUT2D eigenvalue weighted by Crippen LogP contribution is -2.26. The molecule has 17 heavy (non-hydrogen) atoms. The molecular weight excluding hydrogens is 331 g/mol. The molecule has 0 radical (unpaired) electrons. The zero-order valence-electron chi connectivity index (χ0n) is 9.90. The first-order valence-corrected chi connectivity index (χ1v) is 6.54. The Morgan fingerprint density at radius 3 is 2.53 bits per heavy atom. The summed E-state index contributed by atoms with van der Waals surface area (Å²) >= 11 is 2.20. The highest BCUT2D eigenvalue weighted by Crippen LogP contribution is 2.17. The third-order valence-electron chi connectivity index (χ3n) is 2.44. The van der Waals surface area contributed by atoms with Gasteiger partial charge in [0, 0.05) is 3.57 Å². The summed E-state index contributed by atoms with van der Waals surface area (Å²) in [4.78, 5) is 23.1. The van der Waals surface area contributed by atoms with E-state index >= 15 is 0 Å². The Bertz CT molecular complexity index is 415. The van der Waals surface area contributed by atoms with Gasteiger partial charge in [0.1, 0.15) is 11.7 Å². The first kappa shape index (κ1) is 14.2. The Morgan fingerprint density at radius 1 is 1.35 bits per heavy atom. The maximum atomic E-state index is 11.7. The summed E-state index contributed by atoms with van der Waals surface area (Å²) in [6, 6.07) is 7.72. The van der Waals surface area contributed by atoms with Crippen molar-refractivity contribution in [3.8, 4) is 0 Å². The van der Waals surface area contributed by atoms with E-state index in [1.165, 1.54) is 6.92 Å². The number of hydrogen-bond acceptors (Lipinski definition) is 3. The van der Waals surface area contributed by atoms with Gasteiger partial charge in [0.25, 0.3) is 0 Å². The largest absolute Gasteiger partial charge is 0.465 e. The van der Waals surface area contributed by atoms with Crippen LogP contribution in [0.15, 0.2) is 24.3 Å². The second kappa shape index (κ2) is 6.74. The van der Waals surface area contributed by atoms with Crippen LogP contribution in [0.1, 0.15) is 19.4 Å². The zero-order valence-corrected chi connectivity index (χ0v) is 12.1. The number of hydrogen-bond donors (Lipinski definition) is 0. The number of ether oxygens (including phenoxy) is 1. The number of Topliss-reactive ketones (excluding diaryl/α,β-unsaturated/α-hetero) is 1. The Morgan fingerprint density at radius 2 is 2.00 bits per heavy atom.